The van der Waals surface area contributed by atoms with Crippen LogP contribution in [0.3, 0.4) is 0 Å². The van der Waals surface area contributed by atoms with Gasteiger partial charge in [-0.05, 0) is 25.0 Å². The fraction of sp³-hybridized carbons (Fsp3) is 0.467. The van der Waals surface area contributed by atoms with Crippen molar-refractivity contribution in [1.29, 1.82) is 0 Å². The molecule has 0 radical (unpaired) electrons. The Labute approximate surface area is 118 Å². The van der Waals surface area contributed by atoms with Gasteiger partial charge in [0.25, 0.3) is 0 Å². The number of nitrogen functional groups attached to an aromatic ring is 1. The first kappa shape index (κ1) is 13.0. The lowest BCUT2D eigenvalue weighted by Crippen LogP contribution is -2.09. The third kappa shape index (κ3) is 2.92. The van der Waals surface area contributed by atoms with Crippen LogP contribution >= 0.6 is 0 Å². The van der Waals surface area contributed by atoms with Crippen LogP contribution in [0, 0.1) is 0 Å². The van der Waals surface area contributed by atoms with Gasteiger partial charge in [-0.3, -0.25) is 4.98 Å². The largest absolute Gasteiger partial charge is 0.368 e. The van der Waals surface area contributed by atoms with Crippen molar-refractivity contribution in [3.63, 3.8) is 0 Å². The summed E-state index contributed by atoms with van der Waals surface area (Å²) in [5.41, 5.74) is 6.80. The lowest BCUT2D eigenvalue weighted by atomic mass is 9.99. The topological polar surface area (TPSA) is 77.6 Å². The van der Waals surface area contributed by atoms with Crippen LogP contribution in [0.4, 0.5) is 5.95 Å². The summed E-state index contributed by atoms with van der Waals surface area (Å²) < 4.78 is 0. The van der Waals surface area contributed by atoms with Gasteiger partial charge in [0.2, 0.25) is 5.95 Å². The Morgan fingerprint density at radius 2 is 1.60 bits per heavy atom. The van der Waals surface area contributed by atoms with Crippen LogP contribution in [-0.2, 0) is 0 Å². The Balaban J connectivity index is 1.94. The van der Waals surface area contributed by atoms with Crippen LogP contribution in [0.1, 0.15) is 50.3 Å². The van der Waals surface area contributed by atoms with E-state index in [0.29, 0.717) is 17.7 Å². The van der Waals surface area contributed by atoms with Crippen molar-refractivity contribution in [1.82, 2.24) is 19.9 Å². The van der Waals surface area contributed by atoms with Crippen LogP contribution in [0.5, 0.6) is 0 Å². The van der Waals surface area contributed by atoms with Crippen molar-refractivity contribution in [3.8, 4) is 11.4 Å². The lowest BCUT2D eigenvalue weighted by molar-refractivity contribution is 0.559. The van der Waals surface area contributed by atoms with E-state index in [4.69, 9.17) is 5.73 Å². The second kappa shape index (κ2) is 5.94. The molecule has 0 saturated heterocycles. The van der Waals surface area contributed by atoms with Gasteiger partial charge in [-0.2, -0.15) is 9.97 Å². The number of nitrogens with two attached hydrogens (primary N) is 1. The van der Waals surface area contributed by atoms with E-state index in [1.165, 1.54) is 25.7 Å². The average molecular weight is 269 g/mol. The molecular formula is C15H19N5. The molecule has 2 aromatic rings. The Morgan fingerprint density at radius 1 is 0.900 bits per heavy atom. The molecule has 20 heavy (non-hydrogen) atoms. The van der Waals surface area contributed by atoms with E-state index in [-0.39, 0.29) is 0 Å². The SMILES string of the molecule is Nc1nc(-c2ccncc2)nc(C2CCCCCC2)n1. The molecule has 0 bridgehead atoms. The van der Waals surface area contributed by atoms with Crippen molar-refractivity contribution in [3.05, 3.63) is 30.4 Å². The molecule has 2 aromatic heterocycles. The van der Waals surface area contributed by atoms with E-state index in [2.05, 4.69) is 19.9 Å². The number of hydrogen-bond donors (Lipinski definition) is 1. The van der Waals surface area contributed by atoms with Crippen LogP contribution < -0.4 is 5.73 Å². The Morgan fingerprint density at radius 3 is 2.30 bits per heavy atom. The molecule has 0 spiro atoms. The number of nitrogens with zero attached hydrogens (tertiary/aromatic N) is 4. The lowest BCUT2D eigenvalue weighted by Gasteiger charge is -2.13. The highest BCUT2D eigenvalue weighted by atomic mass is 15.1. The van der Waals surface area contributed by atoms with Crippen molar-refractivity contribution >= 4 is 5.95 Å². The maximum Gasteiger partial charge on any atom is 0.223 e. The fourth-order valence-electron chi connectivity index (χ4n) is 2.76. The molecule has 2 heterocycles. The monoisotopic (exact) mass is 269 g/mol. The zero-order valence-electron chi connectivity index (χ0n) is 11.5. The van der Waals surface area contributed by atoms with Crippen LogP contribution in [0.15, 0.2) is 24.5 Å². The summed E-state index contributed by atoms with van der Waals surface area (Å²) >= 11 is 0. The van der Waals surface area contributed by atoms with Crippen LogP contribution in [0.2, 0.25) is 0 Å². The maximum atomic E-state index is 5.86. The highest BCUT2D eigenvalue weighted by Crippen LogP contribution is 2.30. The Hall–Kier alpha value is -2.04. The molecule has 0 aromatic carbocycles. The Kier molecular flexibility index (Phi) is 3.85. The van der Waals surface area contributed by atoms with Crippen molar-refractivity contribution < 1.29 is 0 Å². The molecule has 0 unspecified atom stereocenters. The molecule has 0 atom stereocenters. The van der Waals surface area contributed by atoms with E-state index in [1.54, 1.807) is 12.4 Å². The first-order chi connectivity index (χ1) is 9.83. The van der Waals surface area contributed by atoms with Gasteiger partial charge in [-0.15, -0.1) is 0 Å². The van der Waals surface area contributed by atoms with Crippen LogP contribution in [0.25, 0.3) is 11.4 Å². The standard InChI is InChI=1S/C15H19N5/c16-15-19-13(11-5-3-1-2-4-6-11)18-14(20-15)12-7-9-17-10-8-12/h7-11H,1-6H2,(H2,16,18,19,20). The van der Waals surface area contributed by atoms with E-state index < -0.39 is 0 Å². The molecule has 1 fully saturated rings. The van der Waals surface area contributed by atoms with E-state index in [0.717, 1.165) is 24.2 Å². The van der Waals surface area contributed by atoms with Crippen molar-refractivity contribution in [2.45, 2.75) is 44.4 Å². The normalized spacial score (nSPS) is 16.8. The van der Waals surface area contributed by atoms with Gasteiger partial charge in [0.1, 0.15) is 5.82 Å². The molecule has 0 aliphatic heterocycles. The zero-order chi connectivity index (χ0) is 13.8. The summed E-state index contributed by atoms with van der Waals surface area (Å²) in [6.45, 7) is 0. The van der Waals surface area contributed by atoms with Gasteiger partial charge in [0, 0.05) is 23.9 Å². The third-order valence-corrected chi connectivity index (χ3v) is 3.83. The summed E-state index contributed by atoms with van der Waals surface area (Å²) in [5, 5.41) is 0. The van der Waals surface area contributed by atoms with E-state index >= 15 is 0 Å². The molecule has 3 rings (SSSR count). The fourth-order valence-corrected chi connectivity index (χ4v) is 2.76. The quantitative estimate of drug-likeness (QED) is 0.848. The molecule has 104 valence electrons. The molecule has 2 N–H and O–H groups in total. The van der Waals surface area contributed by atoms with Gasteiger partial charge in [0.15, 0.2) is 5.82 Å². The molecule has 5 nitrogen and oxygen atoms in total. The highest BCUT2D eigenvalue weighted by Gasteiger charge is 2.19. The number of rotatable bonds is 2. The molecule has 1 aliphatic carbocycles. The second-order valence-corrected chi connectivity index (χ2v) is 5.30. The smallest absolute Gasteiger partial charge is 0.223 e. The molecule has 0 amide bonds. The molecule has 5 heteroatoms. The van der Waals surface area contributed by atoms with Crippen molar-refractivity contribution in [2.75, 3.05) is 5.73 Å². The summed E-state index contributed by atoms with van der Waals surface area (Å²) in [7, 11) is 0. The second-order valence-electron chi connectivity index (χ2n) is 5.30. The summed E-state index contributed by atoms with van der Waals surface area (Å²) in [6, 6.07) is 3.79. The Bertz CT molecular complexity index is 562. The minimum atomic E-state index is 0.311. The summed E-state index contributed by atoms with van der Waals surface area (Å²) in [6.07, 6.45) is 10.9. The van der Waals surface area contributed by atoms with Gasteiger partial charge >= 0.3 is 0 Å². The first-order valence-corrected chi connectivity index (χ1v) is 7.25. The van der Waals surface area contributed by atoms with E-state index in [9.17, 15) is 0 Å². The molecule has 1 aliphatic rings. The van der Waals surface area contributed by atoms with E-state index in [1.807, 2.05) is 12.1 Å². The predicted molar refractivity (Wildman–Crippen MR) is 77.9 cm³/mol. The predicted octanol–water partition coefficient (Wildman–Crippen LogP) is 2.95. The first-order valence-electron chi connectivity index (χ1n) is 7.25. The number of pyridine rings is 1. The average Bonchev–Trinajstić information content (AvgIpc) is 2.77. The highest BCUT2D eigenvalue weighted by molar-refractivity contribution is 5.54. The summed E-state index contributed by atoms with van der Waals surface area (Å²) in [4.78, 5) is 17.3. The minimum absolute atomic E-state index is 0.311. The van der Waals surface area contributed by atoms with Crippen molar-refractivity contribution in [2.24, 2.45) is 0 Å². The van der Waals surface area contributed by atoms with Gasteiger partial charge < -0.3 is 5.73 Å². The summed E-state index contributed by atoms with van der Waals surface area (Å²) in [5.74, 6) is 2.24. The zero-order valence-corrected chi connectivity index (χ0v) is 11.5. The maximum absolute atomic E-state index is 5.86. The third-order valence-electron chi connectivity index (χ3n) is 3.83. The molecular weight excluding hydrogens is 250 g/mol. The number of aromatic nitrogens is 4. The minimum Gasteiger partial charge on any atom is -0.368 e. The molecule has 1 saturated carbocycles. The number of hydrogen-bond acceptors (Lipinski definition) is 5. The van der Waals surface area contributed by atoms with Crippen LogP contribution in [-0.4, -0.2) is 19.9 Å². The van der Waals surface area contributed by atoms with Gasteiger partial charge in [0.05, 0.1) is 0 Å². The number of anilines is 1. The van der Waals surface area contributed by atoms with Gasteiger partial charge in [-0.25, -0.2) is 4.98 Å². The van der Waals surface area contributed by atoms with Gasteiger partial charge in [-0.1, -0.05) is 25.7 Å².